The molecule has 1 heterocycles. The molecule has 1 aliphatic heterocycles. The van der Waals surface area contributed by atoms with Gasteiger partial charge in [0, 0.05) is 43.6 Å². The van der Waals surface area contributed by atoms with Gasteiger partial charge in [0.15, 0.2) is 0 Å². The van der Waals surface area contributed by atoms with Crippen LogP contribution in [0, 0.1) is 5.92 Å². The molecule has 1 aliphatic rings. The Morgan fingerprint density at radius 1 is 1.11 bits per heavy atom. The van der Waals surface area contributed by atoms with Gasteiger partial charge >= 0.3 is 0 Å². The monoisotopic (exact) mass is 631 g/mol. The number of likely N-dealkylation sites (N-methyl/N-ethyl adjacent to an activating group) is 1. The number of para-hydroxylation sites is 2. The summed E-state index contributed by atoms with van der Waals surface area (Å²) in [6, 6.07) is 11.7. The van der Waals surface area contributed by atoms with Crippen LogP contribution in [0.2, 0.25) is 0 Å². The Morgan fingerprint density at radius 3 is 2.41 bits per heavy atom. The van der Waals surface area contributed by atoms with Crippen molar-refractivity contribution >= 4 is 44.8 Å². The maximum Gasteiger partial charge on any atom is 0.227 e. The number of ether oxygens (including phenoxy) is 1. The maximum absolute atomic E-state index is 13.4. The third kappa shape index (κ3) is 10.2. The van der Waals surface area contributed by atoms with Gasteiger partial charge in [0.25, 0.3) is 0 Å². The number of hydrogen-bond acceptors (Lipinski definition) is 8. The average Bonchev–Trinajstić information content (AvgIpc) is 3.00. The third-order valence-corrected chi connectivity index (χ3v) is 9.03. The second-order valence-electron chi connectivity index (χ2n) is 11.5. The fourth-order valence-corrected chi connectivity index (χ4v) is 5.33. The van der Waals surface area contributed by atoms with Crippen LogP contribution in [0.5, 0.6) is 5.75 Å². The Morgan fingerprint density at radius 2 is 1.77 bits per heavy atom. The van der Waals surface area contributed by atoms with Gasteiger partial charge in [-0.25, -0.2) is 12.7 Å². The number of aliphatic hydroxyl groups is 1. The highest BCUT2D eigenvalue weighted by Crippen LogP contribution is 2.29. The molecule has 13 heteroatoms. The highest BCUT2D eigenvalue weighted by atomic mass is 32.2. The standard InChI is InChI=1S/C31H45N5O7S/c1-21-18-36(22(2)20-37)31(40)17-23-16-24(14-15-27(23)43-28(21)19-35(3)44(4,41)42)33-29(38)12-6-5-7-13-30(39)34-26-11-9-8-10-25(26)32/h8-11,14-16,21-22,28,37H,5-7,12-13,17-20,32H2,1-4H3,(H,33,38)(H,34,39)/t21-,22+,28-/m1/s1. The molecule has 5 N–H and O–H groups in total. The van der Waals surface area contributed by atoms with E-state index in [0.717, 1.165) is 6.26 Å². The van der Waals surface area contributed by atoms with E-state index in [1.165, 1.54) is 11.4 Å². The number of nitrogens with one attached hydrogen (secondary N) is 2. The average molecular weight is 632 g/mol. The smallest absolute Gasteiger partial charge is 0.227 e. The summed E-state index contributed by atoms with van der Waals surface area (Å²) in [5.74, 6) is -0.345. The summed E-state index contributed by atoms with van der Waals surface area (Å²) in [6.07, 6.45) is 3.04. The summed E-state index contributed by atoms with van der Waals surface area (Å²) in [4.78, 5) is 39.8. The Kier molecular flexibility index (Phi) is 12.6. The van der Waals surface area contributed by atoms with Gasteiger partial charge < -0.3 is 31.1 Å². The summed E-state index contributed by atoms with van der Waals surface area (Å²) in [5, 5.41) is 15.5. The molecule has 0 fully saturated rings. The lowest BCUT2D eigenvalue weighted by Gasteiger charge is -2.33. The molecular formula is C31H45N5O7S. The van der Waals surface area contributed by atoms with Crippen molar-refractivity contribution in [2.24, 2.45) is 5.92 Å². The number of unbranched alkanes of at least 4 members (excludes halogenated alkanes) is 2. The molecule has 2 aromatic rings. The number of aliphatic hydroxyl groups excluding tert-OH is 1. The van der Waals surface area contributed by atoms with Gasteiger partial charge in [0.1, 0.15) is 11.9 Å². The predicted octanol–water partition coefficient (Wildman–Crippen LogP) is 2.84. The predicted molar refractivity (Wildman–Crippen MR) is 171 cm³/mol. The molecule has 2 aromatic carbocycles. The number of nitrogens with two attached hydrogens (primary N) is 1. The van der Waals surface area contributed by atoms with E-state index in [2.05, 4.69) is 10.6 Å². The fourth-order valence-electron chi connectivity index (χ4n) is 4.91. The van der Waals surface area contributed by atoms with E-state index < -0.39 is 22.2 Å². The molecule has 0 aromatic heterocycles. The molecule has 44 heavy (non-hydrogen) atoms. The molecule has 242 valence electrons. The molecule has 0 saturated carbocycles. The van der Waals surface area contributed by atoms with Crippen LogP contribution in [-0.4, -0.2) is 85.6 Å². The van der Waals surface area contributed by atoms with Crippen molar-refractivity contribution in [3.63, 3.8) is 0 Å². The zero-order valence-corrected chi connectivity index (χ0v) is 26.7. The molecule has 3 atom stereocenters. The normalized spacial score (nSPS) is 18.0. The van der Waals surface area contributed by atoms with Gasteiger partial charge in [-0.05, 0) is 50.1 Å². The molecule has 3 amide bonds. The number of rotatable bonds is 13. The van der Waals surface area contributed by atoms with Crippen LogP contribution in [-0.2, 0) is 30.8 Å². The molecule has 0 saturated heterocycles. The molecule has 0 aliphatic carbocycles. The number of nitrogen functional groups attached to an aromatic ring is 1. The van der Waals surface area contributed by atoms with Gasteiger partial charge in [-0.3, -0.25) is 14.4 Å². The van der Waals surface area contributed by atoms with Crippen molar-refractivity contribution in [1.82, 2.24) is 9.21 Å². The minimum atomic E-state index is -3.47. The summed E-state index contributed by atoms with van der Waals surface area (Å²) in [5.41, 5.74) is 8.00. The van der Waals surface area contributed by atoms with Crippen molar-refractivity contribution in [2.75, 3.05) is 49.4 Å². The molecule has 0 bridgehead atoms. The van der Waals surface area contributed by atoms with Crippen LogP contribution in [0.15, 0.2) is 42.5 Å². The first kappa shape index (κ1) is 34.8. The van der Waals surface area contributed by atoms with Gasteiger partial charge in [-0.1, -0.05) is 25.5 Å². The maximum atomic E-state index is 13.4. The molecule has 0 spiro atoms. The molecule has 0 unspecified atom stereocenters. The van der Waals surface area contributed by atoms with Crippen molar-refractivity contribution in [3.8, 4) is 5.75 Å². The first-order valence-electron chi connectivity index (χ1n) is 14.8. The number of hydrogen-bond donors (Lipinski definition) is 4. The number of carbonyl (C=O) groups is 3. The minimum Gasteiger partial charge on any atom is -0.488 e. The quantitative estimate of drug-likeness (QED) is 0.193. The lowest BCUT2D eigenvalue weighted by molar-refractivity contribution is -0.134. The number of carbonyl (C=O) groups excluding carboxylic acids is 3. The second kappa shape index (κ2) is 15.9. The summed E-state index contributed by atoms with van der Waals surface area (Å²) >= 11 is 0. The Hall–Kier alpha value is -3.68. The first-order chi connectivity index (χ1) is 20.8. The highest BCUT2D eigenvalue weighted by molar-refractivity contribution is 7.88. The van der Waals surface area contributed by atoms with Crippen molar-refractivity contribution in [2.45, 2.75) is 64.5 Å². The van der Waals surface area contributed by atoms with E-state index in [9.17, 15) is 27.9 Å². The summed E-state index contributed by atoms with van der Waals surface area (Å²) in [7, 11) is -1.99. The fraction of sp³-hybridized carbons (Fsp3) is 0.516. The number of amides is 3. The molecular weight excluding hydrogens is 586 g/mol. The van der Waals surface area contributed by atoms with Gasteiger partial charge in [-0.15, -0.1) is 0 Å². The Bertz CT molecular complexity index is 1420. The number of anilines is 3. The summed E-state index contributed by atoms with van der Waals surface area (Å²) < 4.78 is 31.8. The number of benzene rings is 2. The van der Waals surface area contributed by atoms with Gasteiger partial charge in [-0.2, -0.15) is 0 Å². The first-order valence-corrected chi connectivity index (χ1v) is 16.7. The van der Waals surface area contributed by atoms with E-state index >= 15 is 0 Å². The largest absolute Gasteiger partial charge is 0.488 e. The molecule has 3 rings (SSSR count). The summed E-state index contributed by atoms with van der Waals surface area (Å²) in [6.45, 7) is 3.78. The topological polar surface area (TPSA) is 171 Å². The second-order valence-corrected chi connectivity index (χ2v) is 13.6. The van der Waals surface area contributed by atoms with E-state index in [1.54, 1.807) is 54.3 Å². The number of nitrogens with zero attached hydrogens (tertiary/aromatic N) is 2. The van der Waals surface area contributed by atoms with Gasteiger partial charge in [0.05, 0.1) is 43.2 Å². The number of sulfonamides is 1. The van der Waals surface area contributed by atoms with Crippen LogP contribution in [0.25, 0.3) is 0 Å². The van der Waals surface area contributed by atoms with Crippen LogP contribution < -0.4 is 21.1 Å². The Balaban J connectivity index is 1.62. The number of fused-ring (bicyclic) bond motifs is 1. The van der Waals surface area contributed by atoms with Crippen LogP contribution >= 0.6 is 0 Å². The molecule has 0 radical (unpaired) electrons. The van der Waals surface area contributed by atoms with E-state index in [4.69, 9.17) is 10.5 Å². The lowest BCUT2D eigenvalue weighted by atomic mass is 10.0. The van der Waals surface area contributed by atoms with Gasteiger partial charge in [0.2, 0.25) is 27.7 Å². The van der Waals surface area contributed by atoms with Crippen LogP contribution in [0.3, 0.4) is 0 Å². The van der Waals surface area contributed by atoms with Crippen LogP contribution in [0.1, 0.15) is 51.5 Å². The van der Waals surface area contributed by atoms with Crippen molar-refractivity contribution in [3.05, 3.63) is 48.0 Å². The van der Waals surface area contributed by atoms with Crippen LogP contribution in [0.4, 0.5) is 17.1 Å². The highest BCUT2D eigenvalue weighted by Gasteiger charge is 2.32. The van der Waals surface area contributed by atoms with Crippen molar-refractivity contribution in [1.29, 1.82) is 0 Å². The third-order valence-electron chi connectivity index (χ3n) is 7.75. The minimum absolute atomic E-state index is 0.0125. The molecule has 12 nitrogen and oxygen atoms in total. The van der Waals surface area contributed by atoms with E-state index in [0.29, 0.717) is 54.1 Å². The zero-order chi connectivity index (χ0) is 32.4. The Labute approximate surface area is 260 Å². The van der Waals surface area contributed by atoms with Crippen molar-refractivity contribution < 1.29 is 32.6 Å². The van der Waals surface area contributed by atoms with E-state index in [-0.39, 0.29) is 56.2 Å². The zero-order valence-electron chi connectivity index (χ0n) is 25.9. The SMILES string of the molecule is C[C@@H]1CN([C@@H](C)CO)C(=O)Cc2cc(NC(=O)CCCCCC(=O)Nc3ccccc3N)ccc2O[C@@H]1CN(C)S(C)(=O)=O. The lowest BCUT2D eigenvalue weighted by Crippen LogP contribution is -2.48. The van der Waals surface area contributed by atoms with E-state index in [1.807, 2.05) is 6.92 Å².